The Balaban J connectivity index is 1.37. The Labute approximate surface area is 174 Å². The molecule has 3 aromatic rings. The van der Waals surface area contributed by atoms with Gasteiger partial charge in [-0.1, -0.05) is 54.6 Å². The van der Waals surface area contributed by atoms with Crippen LogP contribution in [0.1, 0.15) is 40.5 Å². The molecule has 1 aliphatic carbocycles. The number of aromatic nitrogens is 1. The molecule has 4 rings (SSSR count). The smallest absolute Gasteiger partial charge is 0.358 e. The maximum absolute atomic E-state index is 12.6. The second kappa shape index (κ2) is 8.57. The minimum atomic E-state index is -0.575. The van der Waals surface area contributed by atoms with Crippen LogP contribution in [-0.2, 0) is 16.0 Å². The Bertz CT molecular complexity index is 1020. The van der Waals surface area contributed by atoms with Crippen molar-refractivity contribution in [3.8, 4) is 10.6 Å². The summed E-state index contributed by atoms with van der Waals surface area (Å²) in [5.41, 5.74) is 3.65. The van der Waals surface area contributed by atoms with Crippen molar-refractivity contribution in [3.05, 3.63) is 76.8 Å². The van der Waals surface area contributed by atoms with Gasteiger partial charge in [0, 0.05) is 18.0 Å². The van der Waals surface area contributed by atoms with E-state index in [9.17, 15) is 9.59 Å². The number of carbonyl (C=O) groups excluding carboxylic acids is 2. The van der Waals surface area contributed by atoms with Gasteiger partial charge in [0.05, 0.1) is 6.04 Å². The molecule has 1 amide bonds. The van der Waals surface area contributed by atoms with Crippen LogP contribution in [0.3, 0.4) is 0 Å². The molecule has 0 aliphatic heterocycles. The number of fused-ring (bicyclic) bond motifs is 1. The fourth-order valence-electron chi connectivity index (χ4n) is 3.69. The van der Waals surface area contributed by atoms with Crippen LogP contribution in [0.2, 0.25) is 0 Å². The highest BCUT2D eigenvalue weighted by Gasteiger charge is 2.27. The molecule has 0 N–H and O–H groups in total. The average molecular weight is 407 g/mol. The zero-order chi connectivity index (χ0) is 20.2. The summed E-state index contributed by atoms with van der Waals surface area (Å²) in [5, 5.41) is 2.41. The number of hydrogen-bond acceptors (Lipinski definition) is 5. The number of hydrogen-bond donors (Lipinski definition) is 0. The van der Waals surface area contributed by atoms with Gasteiger partial charge in [-0.25, -0.2) is 9.78 Å². The molecule has 0 unspecified atom stereocenters. The number of amides is 1. The number of ether oxygens (including phenoxy) is 1. The summed E-state index contributed by atoms with van der Waals surface area (Å²) in [4.78, 5) is 31.0. The molecule has 0 saturated heterocycles. The van der Waals surface area contributed by atoms with Gasteiger partial charge in [0.2, 0.25) is 0 Å². The van der Waals surface area contributed by atoms with Crippen molar-refractivity contribution in [3.63, 3.8) is 0 Å². The van der Waals surface area contributed by atoms with Crippen LogP contribution in [0, 0.1) is 0 Å². The molecule has 0 bridgehead atoms. The topological polar surface area (TPSA) is 59.5 Å². The van der Waals surface area contributed by atoms with Crippen molar-refractivity contribution in [2.75, 3.05) is 13.7 Å². The van der Waals surface area contributed by atoms with E-state index in [2.05, 4.69) is 17.1 Å². The molecule has 6 heteroatoms. The quantitative estimate of drug-likeness (QED) is 0.585. The molecule has 2 aromatic carbocycles. The molecule has 1 heterocycles. The summed E-state index contributed by atoms with van der Waals surface area (Å²) in [6.07, 6.45) is 3.00. The highest BCUT2D eigenvalue weighted by atomic mass is 32.1. The second-order valence-electron chi connectivity index (χ2n) is 7.09. The Kier molecular flexibility index (Phi) is 5.71. The number of carbonyl (C=O) groups is 2. The summed E-state index contributed by atoms with van der Waals surface area (Å²) in [7, 11) is 1.78. The normalized spacial score (nSPS) is 15.4. The van der Waals surface area contributed by atoms with Gasteiger partial charge in [-0.05, 0) is 30.4 Å². The number of thiazole rings is 1. The third-order valence-corrected chi connectivity index (χ3v) is 6.15. The standard InChI is InChI=1S/C23H22N2O3S/c1-25(20-13-7-11-16-8-5-6-12-18(16)20)21(26)14-28-23(27)19-15-29-22(24-19)17-9-3-2-4-10-17/h2-6,8-10,12,15,20H,7,11,13-14H2,1H3/t20-/m0/s1. The van der Waals surface area contributed by atoms with E-state index in [0.717, 1.165) is 29.8 Å². The van der Waals surface area contributed by atoms with Gasteiger partial charge in [-0.3, -0.25) is 4.79 Å². The first-order chi connectivity index (χ1) is 14.1. The van der Waals surface area contributed by atoms with E-state index in [4.69, 9.17) is 4.74 Å². The summed E-state index contributed by atoms with van der Waals surface area (Å²) in [6.45, 7) is -0.286. The molecule has 0 radical (unpaired) electrons. The zero-order valence-electron chi connectivity index (χ0n) is 16.2. The van der Waals surface area contributed by atoms with Crippen LogP contribution in [-0.4, -0.2) is 35.4 Å². The Hall–Kier alpha value is -2.99. The molecular weight excluding hydrogens is 384 g/mol. The van der Waals surface area contributed by atoms with Crippen LogP contribution < -0.4 is 0 Å². The number of nitrogens with zero attached hydrogens (tertiary/aromatic N) is 2. The Morgan fingerprint density at radius 2 is 1.90 bits per heavy atom. The Morgan fingerprint density at radius 1 is 1.14 bits per heavy atom. The summed E-state index contributed by atoms with van der Waals surface area (Å²) < 4.78 is 5.25. The predicted molar refractivity (Wildman–Crippen MR) is 113 cm³/mol. The molecule has 1 atom stereocenters. The van der Waals surface area contributed by atoms with E-state index in [1.165, 1.54) is 22.5 Å². The SMILES string of the molecule is CN(C(=O)COC(=O)c1csc(-c2ccccc2)n1)[C@H]1CCCc2ccccc21. The summed E-state index contributed by atoms with van der Waals surface area (Å²) >= 11 is 1.38. The number of likely N-dealkylation sites (N-methyl/N-ethyl adjacent to an activating group) is 1. The molecule has 29 heavy (non-hydrogen) atoms. The van der Waals surface area contributed by atoms with Gasteiger partial charge in [0.15, 0.2) is 12.3 Å². The van der Waals surface area contributed by atoms with E-state index in [1.54, 1.807) is 17.3 Å². The number of rotatable bonds is 5. The van der Waals surface area contributed by atoms with Crippen LogP contribution in [0.5, 0.6) is 0 Å². The first kappa shape index (κ1) is 19.3. The van der Waals surface area contributed by atoms with Crippen molar-refractivity contribution in [2.45, 2.75) is 25.3 Å². The van der Waals surface area contributed by atoms with E-state index in [-0.39, 0.29) is 24.2 Å². The maximum Gasteiger partial charge on any atom is 0.358 e. The molecule has 1 aromatic heterocycles. The minimum Gasteiger partial charge on any atom is -0.451 e. The summed E-state index contributed by atoms with van der Waals surface area (Å²) in [6, 6.07) is 17.9. The van der Waals surface area contributed by atoms with Crippen LogP contribution >= 0.6 is 11.3 Å². The lowest BCUT2D eigenvalue weighted by atomic mass is 9.87. The van der Waals surface area contributed by atoms with Gasteiger partial charge >= 0.3 is 5.97 Å². The second-order valence-corrected chi connectivity index (χ2v) is 7.95. The van der Waals surface area contributed by atoms with Gasteiger partial charge in [-0.2, -0.15) is 0 Å². The van der Waals surface area contributed by atoms with E-state index < -0.39 is 5.97 Å². The minimum absolute atomic E-state index is 0.0232. The zero-order valence-corrected chi connectivity index (χ0v) is 17.0. The first-order valence-corrected chi connectivity index (χ1v) is 10.5. The molecule has 0 fully saturated rings. The number of benzene rings is 2. The number of aryl methyl sites for hydroxylation is 1. The third-order valence-electron chi connectivity index (χ3n) is 5.26. The van der Waals surface area contributed by atoms with Crippen molar-refractivity contribution >= 4 is 23.2 Å². The van der Waals surface area contributed by atoms with Crippen molar-refractivity contribution < 1.29 is 14.3 Å². The fraction of sp³-hybridized carbons (Fsp3) is 0.261. The summed E-state index contributed by atoms with van der Waals surface area (Å²) in [5.74, 6) is -0.784. The van der Waals surface area contributed by atoms with Gasteiger partial charge in [0.1, 0.15) is 5.01 Å². The van der Waals surface area contributed by atoms with Crippen molar-refractivity contribution in [2.24, 2.45) is 0 Å². The Morgan fingerprint density at radius 3 is 2.72 bits per heavy atom. The lowest BCUT2D eigenvalue weighted by Gasteiger charge is -2.33. The molecule has 148 valence electrons. The van der Waals surface area contributed by atoms with E-state index >= 15 is 0 Å². The number of esters is 1. The molecule has 0 spiro atoms. The van der Waals surface area contributed by atoms with Gasteiger partial charge < -0.3 is 9.64 Å². The van der Waals surface area contributed by atoms with Gasteiger partial charge in [-0.15, -0.1) is 11.3 Å². The van der Waals surface area contributed by atoms with Crippen LogP contribution in [0.15, 0.2) is 60.0 Å². The van der Waals surface area contributed by atoms with Crippen molar-refractivity contribution in [1.29, 1.82) is 0 Å². The van der Waals surface area contributed by atoms with Crippen LogP contribution in [0.4, 0.5) is 0 Å². The van der Waals surface area contributed by atoms with E-state index in [0.29, 0.717) is 0 Å². The largest absolute Gasteiger partial charge is 0.451 e. The third kappa shape index (κ3) is 4.22. The van der Waals surface area contributed by atoms with Gasteiger partial charge in [0.25, 0.3) is 5.91 Å². The fourth-order valence-corrected chi connectivity index (χ4v) is 4.48. The molecule has 5 nitrogen and oxygen atoms in total. The highest BCUT2D eigenvalue weighted by molar-refractivity contribution is 7.13. The van der Waals surface area contributed by atoms with Crippen molar-refractivity contribution in [1.82, 2.24) is 9.88 Å². The molecule has 0 saturated carbocycles. The monoisotopic (exact) mass is 406 g/mol. The lowest BCUT2D eigenvalue weighted by molar-refractivity contribution is -0.135. The first-order valence-electron chi connectivity index (χ1n) is 9.65. The molecule has 1 aliphatic rings. The highest BCUT2D eigenvalue weighted by Crippen LogP contribution is 2.33. The predicted octanol–water partition coefficient (Wildman–Crippen LogP) is 4.50. The maximum atomic E-state index is 12.6. The van der Waals surface area contributed by atoms with E-state index in [1.807, 2.05) is 42.5 Å². The lowest BCUT2D eigenvalue weighted by Crippen LogP contribution is -2.36. The average Bonchev–Trinajstić information content (AvgIpc) is 3.27. The van der Waals surface area contributed by atoms with Crippen LogP contribution in [0.25, 0.3) is 10.6 Å². The molecular formula is C23H22N2O3S.